The van der Waals surface area contributed by atoms with Crippen molar-refractivity contribution in [3.63, 3.8) is 0 Å². The second-order valence-electron chi connectivity index (χ2n) is 6.55. The predicted octanol–water partition coefficient (Wildman–Crippen LogP) is 0.0330. The van der Waals surface area contributed by atoms with E-state index in [0.29, 0.717) is 24.6 Å². The second kappa shape index (κ2) is 10.0. The first kappa shape index (κ1) is 20.8. The number of hydrogen-bond donors (Lipinski definition) is 3. The summed E-state index contributed by atoms with van der Waals surface area (Å²) in [5, 5.41) is 5.77. The van der Waals surface area contributed by atoms with Gasteiger partial charge < -0.3 is 29.9 Å². The van der Waals surface area contributed by atoms with Crippen molar-refractivity contribution in [2.75, 3.05) is 51.8 Å². The molecule has 0 saturated carbocycles. The van der Waals surface area contributed by atoms with Gasteiger partial charge in [0.25, 0.3) is 0 Å². The number of nitrogens with one attached hydrogen (secondary N) is 3. The Hall–Kier alpha value is -2.48. The van der Waals surface area contributed by atoms with Crippen LogP contribution >= 0.6 is 0 Å². The lowest BCUT2D eigenvalue weighted by Crippen LogP contribution is -3.12. The second-order valence-corrected chi connectivity index (χ2v) is 6.55. The van der Waals surface area contributed by atoms with E-state index in [4.69, 9.17) is 9.47 Å². The maximum Gasteiger partial charge on any atom is 0.315 e. The number of rotatable bonds is 9. The van der Waals surface area contributed by atoms with Gasteiger partial charge in [-0.15, -0.1) is 0 Å². The highest BCUT2D eigenvalue weighted by Gasteiger charge is 2.32. The number of nitrogens with zero attached hydrogens (tertiary/aromatic N) is 1. The Balaban J connectivity index is 1.89. The van der Waals surface area contributed by atoms with E-state index < -0.39 is 0 Å². The molecule has 1 aromatic rings. The van der Waals surface area contributed by atoms with Gasteiger partial charge in [-0.25, -0.2) is 4.79 Å². The van der Waals surface area contributed by atoms with Crippen molar-refractivity contribution in [2.24, 2.45) is 0 Å². The van der Waals surface area contributed by atoms with Gasteiger partial charge in [-0.05, 0) is 26.0 Å². The number of urea groups is 1. The summed E-state index contributed by atoms with van der Waals surface area (Å²) in [6, 6.07) is 4.91. The quantitative estimate of drug-likeness (QED) is 0.565. The third-order valence-electron chi connectivity index (χ3n) is 4.90. The molecule has 0 unspecified atom stereocenters. The summed E-state index contributed by atoms with van der Waals surface area (Å²) in [6.45, 7) is 8.28. The molecule has 0 aliphatic carbocycles. The first-order valence-electron chi connectivity index (χ1n) is 9.42. The van der Waals surface area contributed by atoms with E-state index in [1.807, 2.05) is 6.07 Å². The van der Waals surface area contributed by atoms with Gasteiger partial charge in [0.2, 0.25) is 5.91 Å². The minimum Gasteiger partial charge on any atom is -0.493 e. The van der Waals surface area contributed by atoms with E-state index in [9.17, 15) is 9.59 Å². The zero-order valence-electron chi connectivity index (χ0n) is 16.6. The number of carbonyl (C=O) groups excluding carboxylic acids is 2. The van der Waals surface area contributed by atoms with Gasteiger partial charge in [-0.1, -0.05) is 0 Å². The molecule has 0 bridgehead atoms. The molecule has 1 saturated heterocycles. The first-order valence-corrected chi connectivity index (χ1v) is 9.42. The molecule has 1 aliphatic heterocycles. The highest BCUT2D eigenvalue weighted by molar-refractivity contribution is 5.97. The lowest BCUT2D eigenvalue weighted by molar-refractivity contribution is -0.895. The van der Waals surface area contributed by atoms with Crippen LogP contribution < -0.4 is 29.9 Å². The van der Waals surface area contributed by atoms with Crippen LogP contribution in [0.4, 0.5) is 10.5 Å². The van der Waals surface area contributed by atoms with Crippen LogP contribution in [0.15, 0.2) is 18.2 Å². The summed E-state index contributed by atoms with van der Waals surface area (Å²) in [5.41, 5.74) is 0.729. The average molecular weight is 379 g/mol. The molecule has 3 N–H and O–H groups in total. The fourth-order valence-corrected chi connectivity index (χ4v) is 3.24. The number of amides is 3. The molecule has 27 heavy (non-hydrogen) atoms. The maximum absolute atomic E-state index is 12.4. The van der Waals surface area contributed by atoms with E-state index >= 15 is 0 Å². The molecular formula is C19H31N4O4+. The zero-order valence-corrected chi connectivity index (χ0v) is 16.6. The summed E-state index contributed by atoms with van der Waals surface area (Å²) in [5.74, 6) is 1.15. The van der Waals surface area contributed by atoms with Gasteiger partial charge in [0.15, 0.2) is 11.5 Å². The average Bonchev–Trinajstić information content (AvgIpc) is 3.04. The molecule has 0 aromatic heterocycles. The standard InChI is InChI=1S/C19H30N4O4/c1-5-22(6-2)10-9-20-19(25)21-14-11-18(24)23(13-14)15-7-8-16(26-3)17(12-15)27-4/h7-8,12,14H,5-6,9-11,13H2,1-4H3,(H2,20,21,25)/p+1/t14-/m1/s1. The topological polar surface area (TPSA) is 84.3 Å². The van der Waals surface area contributed by atoms with Crippen molar-refractivity contribution in [1.82, 2.24) is 10.6 Å². The van der Waals surface area contributed by atoms with Crippen LogP contribution in [0.2, 0.25) is 0 Å². The number of likely N-dealkylation sites (N-methyl/N-ethyl adjacent to an activating group) is 1. The Labute approximate surface area is 160 Å². The van der Waals surface area contributed by atoms with Crippen LogP contribution in [-0.2, 0) is 4.79 Å². The van der Waals surface area contributed by atoms with Crippen LogP contribution in [0.25, 0.3) is 0 Å². The number of quaternary nitrogens is 1. The van der Waals surface area contributed by atoms with Crippen LogP contribution in [0.5, 0.6) is 11.5 Å². The third-order valence-corrected chi connectivity index (χ3v) is 4.90. The Kier molecular flexibility index (Phi) is 7.72. The number of methoxy groups -OCH3 is 2. The fourth-order valence-electron chi connectivity index (χ4n) is 3.24. The molecule has 8 heteroatoms. The van der Waals surface area contributed by atoms with Crippen LogP contribution in [-0.4, -0.2) is 64.9 Å². The summed E-state index contributed by atoms with van der Waals surface area (Å²) >= 11 is 0. The highest BCUT2D eigenvalue weighted by atomic mass is 16.5. The summed E-state index contributed by atoms with van der Waals surface area (Å²) in [6.07, 6.45) is 0.281. The Morgan fingerprint density at radius 1 is 1.22 bits per heavy atom. The smallest absolute Gasteiger partial charge is 0.315 e. The summed E-state index contributed by atoms with van der Waals surface area (Å²) in [4.78, 5) is 27.6. The zero-order chi connectivity index (χ0) is 19.8. The number of carbonyl (C=O) groups is 2. The molecule has 1 atom stereocenters. The maximum atomic E-state index is 12.4. The van der Waals surface area contributed by atoms with Gasteiger partial charge in [0.05, 0.1) is 46.4 Å². The number of hydrogen-bond acceptors (Lipinski definition) is 4. The van der Waals surface area contributed by atoms with Gasteiger partial charge in [-0.3, -0.25) is 4.79 Å². The van der Waals surface area contributed by atoms with Crippen molar-refractivity contribution >= 4 is 17.6 Å². The number of ether oxygens (including phenoxy) is 2. The normalized spacial score (nSPS) is 16.6. The Morgan fingerprint density at radius 2 is 1.93 bits per heavy atom. The minimum absolute atomic E-state index is 0.0277. The van der Waals surface area contributed by atoms with E-state index in [0.717, 1.165) is 25.3 Å². The first-order chi connectivity index (χ1) is 13.0. The van der Waals surface area contributed by atoms with Crippen molar-refractivity contribution in [2.45, 2.75) is 26.3 Å². The fraction of sp³-hybridized carbons (Fsp3) is 0.579. The predicted molar refractivity (Wildman–Crippen MR) is 104 cm³/mol. The molecule has 2 rings (SSSR count). The largest absolute Gasteiger partial charge is 0.493 e. The number of benzene rings is 1. The SMILES string of the molecule is CC[NH+](CC)CCNC(=O)N[C@@H]1CC(=O)N(c2ccc(OC)c(OC)c2)C1. The molecule has 0 radical (unpaired) electrons. The van der Waals surface area contributed by atoms with Gasteiger partial charge in [-0.2, -0.15) is 0 Å². The monoisotopic (exact) mass is 379 g/mol. The molecule has 1 aliphatic rings. The van der Waals surface area contributed by atoms with E-state index in [2.05, 4.69) is 24.5 Å². The molecule has 1 heterocycles. The lowest BCUT2D eigenvalue weighted by atomic mass is 10.2. The van der Waals surface area contributed by atoms with Crippen molar-refractivity contribution in [3.05, 3.63) is 18.2 Å². The minimum atomic E-state index is -0.228. The highest BCUT2D eigenvalue weighted by Crippen LogP contribution is 2.33. The molecule has 0 spiro atoms. The lowest BCUT2D eigenvalue weighted by Gasteiger charge is -2.19. The van der Waals surface area contributed by atoms with Crippen LogP contribution in [0, 0.1) is 0 Å². The molecular weight excluding hydrogens is 348 g/mol. The molecule has 1 aromatic carbocycles. The van der Waals surface area contributed by atoms with Gasteiger partial charge in [0, 0.05) is 24.7 Å². The van der Waals surface area contributed by atoms with Crippen LogP contribution in [0.3, 0.4) is 0 Å². The van der Waals surface area contributed by atoms with Gasteiger partial charge >= 0.3 is 6.03 Å². The van der Waals surface area contributed by atoms with Crippen molar-refractivity contribution in [3.8, 4) is 11.5 Å². The van der Waals surface area contributed by atoms with Crippen molar-refractivity contribution < 1.29 is 24.0 Å². The molecule has 1 fully saturated rings. The van der Waals surface area contributed by atoms with Crippen LogP contribution in [0.1, 0.15) is 20.3 Å². The van der Waals surface area contributed by atoms with Gasteiger partial charge in [0.1, 0.15) is 0 Å². The Bertz CT molecular complexity index is 649. The van der Waals surface area contributed by atoms with E-state index in [1.54, 1.807) is 31.3 Å². The summed E-state index contributed by atoms with van der Waals surface area (Å²) in [7, 11) is 3.13. The number of anilines is 1. The molecule has 3 amide bonds. The summed E-state index contributed by atoms with van der Waals surface area (Å²) < 4.78 is 10.5. The van der Waals surface area contributed by atoms with Crippen molar-refractivity contribution in [1.29, 1.82) is 0 Å². The van der Waals surface area contributed by atoms with E-state index in [1.165, 1.54) is 4.90 Å². The Morgan fingerprint density at radius 3 is 2.56 bits per heavy atom. The molecule has 8 nitrogen and oxygen atoms in total. The molecule has 150 valence electrons. The van der Waals surface area contributed by atoms with E-state index in [-0.39, 0.29) is 24.4 Å². The third kappa shape index (κ3) is 5.50.